The number of para-hydroxylation sites is 1. The van der Waals surface area contributed by atoms with Crippen LogP contribution in [0.5, 0.6) is 0 Å². The van der Waals surface area contributed by atoms with Gasteiger partial charge in [-0.15, -0.1) is 9.24 Å². The largest absolute Gasteiger partial charge is 0.352 e. The van der Waals surface area contributed by atoms with E-state index in [2.05, 4.69) is 14.2 Å². The Labute approximate surface area is 72.2 Å². The zero-order valence-corrected chi connectivity index (χ0v) is 7.53. The van der Waals surface area contributed by atoms with Gasteiger partial charge in [-0.3, -0.25) is 4.79 Å². The molecule has 1 heterocycles. The number of carbonyl (C=O) groups excluding carboxylic acids is 1. The minimum atomic E-state index is 0.640. The minimum absolute atomic E-state index is 0.640. The highest BCUT2D eigenvalue weighted by molar-refractivity contribution is 7.28. The highest BCUT2D eigenvalue weighted by Gasteiger charge is 2.04. The molecule has 0 spiro atoms. The molecule has 3 heteroatoms. The third-order valence-electron chi connectivity index (χ3n) is 1.89. The van der Waals surface area contributed by atoms with E-state index >= 15 is 0 Å². The second kappa shape index (κ2) is 2.72. The first kappa shape index (κ1) is 7.51. The van der Waals surface area contributed by atoms with E-state index in [4.69, 9.17) is 0 Å². The van der Waals surface area contributed by atoms with Gasteiger partial charge in [0.1, 0.15) is 0 Å². The first-order valence-corrected chi connectivity index (χ1v) is 4.22. The van der Waals surface area contributed by atoms with Gasteiger partial charge in [-0.1, -0.05) is 18.2 Å². The molecular weight excluding hydrogens is 169 g/mol. The molecule has 0 bridgehead atoms. The zero-order valence-electron chi connectivity index (χ0n) is 6.37. The van der Waals surface area contributed by atoms with Crippen molar-refractivity contribution in [3.63, 3.8) is 0 Å². The Morgan fingerprint density at radius 1 is 1.33 bits per heavy atom. The summed E-state index contributed by atoms with van der Waals surface area (Å²) in [5.74, 6) is 0. The lowest BCUT2D eigenvalue weighted by atomic mass is 10.2. The first-order valence-electron chi connectivity index (χ1n) is 3.64. The molecule has 1 atom stereocenters. The number of benzene rings is 1. The van der Waals surface area contributed by atoms with E-state index in [0.717, 1.165) is 22.5 Å². The van der Waals surface area contributed by atoms with Crippen LogP contribution >= 0.6 is 9.24 Å². The third-order valence-corrected chi connectivity index (χ3v) is 2.52. The average molecular weight is 177 g/mol. The molecule has 2 rings (SSSR count). The number of nitrogens with one attached hydrogen (secondary N) is 1. The van der Waals surface area contributed by atoms with E-state index in [0.29, 0.717) is 5.69 Å². The SMILES string of the molecule is O=Cc1[nH]c2ccccc2c1P. The summed E-state index contributed by atoms with van der Waals surface area (Å²) in [6.07, 6.45) is 0.836. The quantitative estimate of drug-likeness (QED) is 0.519. The number of aromatic amines is 1. The lowest BCUT2D eigenvalue weighted by Gasteiger charge is -1.87. The van der Waals surface area contributed by atoms with Crippen molar-refractivity contribution in [2.75, 3.05) is 0 Å². The fraction of sp³-hybridized carbons (Fsp3) is 0. The molecule has 1 aromatic heterocycles. The Kier molecular flexibility index (Phi) is 1.70. The van der Waals surface area contributed by atoms with E-state index in [-0.39, 0.29) is 0 Å². The number of hydrogen-bond acceptors (Lipinski definition) is 1. The molecule has 1 unspecified atom stereocenters. The standard InChI is InChI=1S/C9H8NOP/c11-5-8-9(12)6-3-1-2-4-7(6)10-8/h1-5,10H,12H2. The fourth-order valence-corrected chi connectivity index (χ4v) is 1.67. The monoisotopic (exact) mass is 177 g/mol. The molecule has 0 aliphatic carbocycles. The molecule has 1 N–H and O–H groups in total. The smallest absolute Gasteiger partial charge is 0.166 e. The Hall–Kier alpha value is -1.14. The van der Waals surface area contributed by atoms with Gasteiger partial charge in [-0.25, -0.2) is 0 Å². The van der Waals surface area contributed by atoms with Gasteiger partial charge in [-0.05, 0) is 6.07 Å². The fourth-order valence-electron chi connectivity index (χ4n) is 1.28. The second-order valence-corrected chi connectivity index (χ2v) is 3.19. The highest BCUT2D eigenvalue weighted by Crippen LogP contribution is 2.13. The second-order valence-electron chi connectivity index (χ2n) is 2.62. The number of rotatable bonds is 1. The van der Waals surface area contributed by atoms with Crippen LogP contribution in [0.3, 0.4) is 0 Å². The average Bonchev–Trinajstić information content (AvgIpc) is 2.44. The van der Waals surface area contributed by atoms with Crippen LogP contribution in [0.1, 0.15) is 10.5 Å². The molecule has 0 aliphatic heterocycles. The molecule has 0 saturated heterocycles. The van der Waals surface area contributed by atoms with Crippen LogP contribution in [0.4, 0.5) is 0 Å². The number of carbonyl (C=O) groups is 1. The van der Waals surface area contributed by atoms with Gasteiger partial charge in [0.05, 0.1) is 5.69 Å². The molecule has 0 amide bonds. The summed E-state index contributed by atoms with van der Waals surface area (Å²) in [7, 11) is 2.57. The molecule has 12 heavy (non-hydrogen) atoms. The van der Waals surface area contributed by atoms with Crippen LogP contribution in [0.15, 0.2) is 24.3 Å². The lowest BCUT2D eigenvalue weighted by molar-refractivity contribution is 0.112. The van der Waals surface area contributed by atoms with Crippen molar-refractivity contribution in [2.45, 2.75) is 0 Å². The molecule has 2 aromatic rings. The van der Waals surface area contributed by atoms with E-state index < -0.39 is 0 Å². The topological polar surface area (TPSA) is 32.9 Å². The molecule has 0 aliphatic rings. The lowest BCUT2D eigenvalue weighted by Crippen LogP contribution is -1.95. The van der Waals surface area contributed by atoms with Crippen LogP contribution in [0.2, 0.25) is 0 Å². The summed E-state index contributed by atoms with van der Waals surface area (Å²) in [5.41, 5.74) is 1.64. The first-order chi connectivity index (χ1) is 5.83. The third kappa shape index (κ3) is 0.961. The van der Waals surface area contributed by atoms with Gasteiger partial charge in [-0.2, -0.15) is 0 Å². The molecule has 60 valence electrons. The van der Waals surface area contributed by atoms with Gasteiger partial charge in [0.25, 0.3) is 0 Å². The van der Waals surface area contributed by atoms with E-state index in [1.54, 1.807) is 0 Å². The number of aromatic nitrogens is 1. The van der Waals surface area contributed by atoms with E-state index in [9.17, 15) is 4.79 Å². The number of hydrogen-bond donors (Lipinski definition) is 1. The summed E-state index contributed by atoms with van der Waals surface area (Å²) in [4.78, 5) is 13.6. The van der Waals surface area contributed by atoms with Gasteiger partial charge in [0.2, 0.25) is 0 Å². The van der Waals surface area contributed by atoms with Crippen molar-refractivity contribution in [1.29, 1.82) is 0 Å². The van der Waals surface area contributed by atoms with Crippen molar-refractivity contribution in [3.05, 3.63) is 30.0 Å². The Morgan fingerprint density at radius 2 is 2.08 bits per heavy atom. The molecule has 0 fully saturated rings. The summed E-state index contributed by atoms with van der Waals surface area (Å²) in [6.45, 7) is 0. The molecular formula is C9H8NOP. The van der Waals surface area contributed by atoms with E-state index in [1.165, 1.54) is 0 Å². The normalized spacial score (nSPS) is 10.4. The van der Waals surface area contributed by atoms with Crippen LogP contribution in [0.25, 0.3) is 10.9 Å². The van der Waals surface area contributed by atoms with Gasteiger partial charge < -0.3 is 4.98 Å². The Morgan fingerprint density at radius 3 is 2.75 bits per heavy atom. The Balaban J connectivity index is 2.87. The Bertz CT molecular complexity index is 433. The predicted octanol–water partition coefficient (Wildman–Crippen LogP) is 1.48. The zero-order chi connectivity index (χ0) is 8.55. The number of fused-ring (bicyclic) bond motifs is 1. The highest BCUT2D eigenvalue weighted by atomic mass is 31.0. The summed E-state index contributed by atoms with van der Waals surface area (Å²) >= 11 is 0. The number of H-pyrrole nitrogens is 1. The molecule has 1 aromatic carbocycles. The van der Waals surface area contributed by atoms with Crippen LogP contribution in [0, 0.1) is 0 Å². The van der Waals surface area contributed by atoms with Gasteiger partial charge in [0.15, 0.2) is 6.29 Å². The van der Waals surface area contributed by atoms with Crippen LogP contribution in [-0.4, -0.2) is 11.3 Å². The van der Waals surface area contributed by atoms with Crippen molar-refractivity contribution >= 4 is 31.7 Å². The maximum atomic E-state index is 10.6. The molecule has 0 saturated carbocycles. The van der Waals surface area contributed by atoms with Crippen LogP contribution < -0.4 is 5.30 Å². The predicted molar refractivity (Wildman–Crippen MR) is 53.0 cm³/mol. The molecule has 2 nitrogen and oxygen atoms in total. The van der Waals surface area contributed by atoms with Crippen molar-refractivity contribution < 1.29 is 4.79 Å². The summed E-state index contributed by atoms with van der Waals surface area (Å²) in [5, 5.41) is 2.03. The number of aldehydes is 1. The van der Waals surface area contributed by atoms with Gasteiger partial charge in [0, 0.05) is 16.2 Å². The van der Waals surface area contributed by atoms with Crippen molar-refractivity contribution in [1.82, 2.24) is 4.98 Å². The summed E-state index contributed by atoms with van der Waals surface area (Å²) < 4.78 is 0. The van der Waals surface area contributed by atoms with Crippen molar-refractivity contribution in [2.24, 2.45) is 0 Å². The maximum Gasteiger partial charge on any atom is 0.166 e. The molecule has 0 radical (unpaired) electrons. The summed E-state index contributed by atoms with van der Waals surface area (Å²) in [6, 6.07) is 7.84. The van der Waals surface area contributed by atoms with E-state index in [1.807, 2.05) is 24.3 Å². The van der Waals surface area contributed by atoms with Gasteiger partial charge >= 0.3 is 0 Å². The maximum absolute atomic E-state index is 10.6. The van der Waals surface area contributed by atoms with Crippen molar-refractivity contribution in [3.8, 4) is 0 Å². The minimum Gasteiger partial charge on any atom is -0.352 e. The van der Waals surface area contributed by atoms with Crippen LogP contribution in [-0.2, 0) is 0 Å².